The number of carbonyl (C=O) groups excluding carboxylic acids is 4. The Morgan fingerprint density at radius 1 is 1.21 bits per heavy atom. The molecule has 1 heterocycles. The molecular formula is C19H25N3O6. The van der Waals surface area contributed by atoms with Gasteiger partial charge in [-0.25, -0.2) is 4.79 Å². The number of hydrogen-bond donors (Lipinski definition) is 1. The third kappa shape index (κ3) is 5.70. The molecule has 1 aromatic rings. The van der Waals surface area contributed by atoms with Gasteiger partial charge in [-0.3, -0.25) is 19.3 Å². The molecular weight excluding hydrogens is 366 g/mol. The van der Waals surface area contributed by atoms with E-state index in [-0.39, 0.29) is 37.9 Å². The highest BCUT2D eigenvalue weighted by Crippen LogP contribution is 2.12. The zero-order chi connectivity index (χ0) is 20.7. The molecule has 9 nitrogen and oxygen atoms in total. The lowest BCUT2D eigenvalue weighted by Crippen LogP contribution is -2.36. The van der Waals surface area contributed by atoms with Crippen LogP contribution in [0, 0.1) is 0 Å². The van der Waals surface area contributed by atoms with E-state index in [1.54, 1.807) is 26.3 Å². The van der Waals surface area contributed by atoms with Gasteiger partial charge in [0.25, 0.3) is 5.91 Å². The SMILES string of the molecule is COc1ccc(CNC(=O)[C@H](C)OC(=O)CCCN2C(=O)CN(C)C2=O)cc1. The normalized spacial score (nSPS) is 14.8. The van der Waals surface area contributed by atoms with Crippen molar-refractivity contribution in [1.82, 2.24) is 15.1 Å². The second-order valence-electron chi connectivity index (χ2n) is 6.49. The number of likely N-dealkylation sites (N-methyl/N-ethyl adjacent to an activating group) is 1. The quantitative estimate of drug-likeness (QED) is 0.496. The summed E-state index contributed by atoms with van der Waals surface area (Å²) in [5.74, 6) is -0.524. The van der Waals surface area contributed by atoms with Crippen LogP contribution in [0.15, 0.2) is 24.3 Å². The lowest BCUT2D eigenvalue weighted by Gasteiger charge is -2.15. The Bertz CT molecular complexity index is 734. The molecule has 1 N–H and O–H groups in total. The number of hydrogen-bond acceptors (Lipinski definition) is 6. The summed E-state index contributed by atoms with van der Waals surface area (Å²) in [4.78, 5) is 49.8. The van der Waals surface area contributed by atoms with E-state index in [2.05, 4.69) is 5.32 Å². The minimum Gasteiger partial charge on any atom is -0.497 e. The molecule has 1 fully saturated rings. The molecule has 1 saturated heterocycles. The summed E-state index contributed by atoms with van der Waals surface area (Å²) in [5.41, 5.74) is 0.887. The summed E-state index contributed by atoms with van der Waals surface area (Å²) in [6.45, 7) is 1.99. The topological polar surface area (TPSA) is 105 Å². The molecule has 0 unspecified atom stereocenters. The zero-order valence-corrected chi connectivity index (χ0v) is 16.3. The number of esters is 1. The molecule has 0 bridgehead atoms. The van der Waals surface area contributed by atoms with Gasteiger partial charge in [0.15, 0.2) is 6.10 Å². The first-order valence-electron chi connectivity index (χ1n) is 8.97. The Hall–Kier alpha value is -3.10. The van der Waals surface area contributed by atoms with E-state index >= 15 is 0 Å². The molecule has 1 atom stereocenters. The summed E-state index contributed by atoms with van der Waals surface area (Å²) in [7, 11) is 3.12. The summed E-state index contributed by atoms with van der Waals surface area (Å²) in [6.07, 6.45) is -0.645. The van der Waals surface area contributed by atoms with Gasteiger partial charge in [0.1, 0.15) is 12.3 Å². The number of ether oxygens (including phenoxy) is 2. The van der Waals surface area contributed by atoms with Crippen molar-refractivity contribution in [3.63, 3.8) is 0 Å². The van der Waals surface area contributed by atoms with E-state index in [9.17, 15) is 19.2 Å². The summed E-state index contributed by atoms with van der Waals surface area (Å²) < 4.78 is 10.2. The number of nitrogens with one attached hydrogen (secondary N) is 1. The fourth-order valence-electron chi connectivity index (χ4n) is 2.66. The number of urea groups is 1. The van der Waals surface area contributed by atoms with Crippen molar-refractivity contribution < 1.29 is 28.7 Å². The van der Waals surface area contributed by atoms with Crippen LogP contribution in [0.2, 0.25) is 0 Å². The number of imide groups is 1. The van der Waals surface area contributed by atoms with Gasteiger partial charge in [-0.2, -0.15) is 0 Å². The molecule has 0 saturated carbocycles. The minimum absolute atomic E-state index is 0.0108. The van der Waals surface area contributed by atoms with E-state index in [4.69, 9.17) is 9.47 Å². The molecule has 28 heavy (non-hydrogen) atoms. The van der Waals surface area contributed by atoms with Crippen molar-refractivity contribution in [2.45, 2.75) is 32.4 Å². The van der Waals surface area contributed by atoms with Crippen molar-refractivity contribution >= 4 is 23.8 Å². The predicted molar refractivity (Wildman–Crippen MR) is 99.4 cm³/mol. The van der Waals surface area contributed by atoms with Crippen LogP contribution in [0.4, 0.5) is 4.79 Å². The van der Waals surface area contributed by atoms with E-state index in [0.717, 1.165) is 16.2 Å². The van der Waals surface area contributed by atoms with Gasteiger partial charge >= 0.3 is 12.0 Å². The van der Waals surface area contributed by atoms with Crippen LogP contribution in [0.5, 0.6) is 5.75 Å². The van der Waals surface area contributed by atoms with Gasteiger partial charge in [-0.1, -0.05) is 12.1 Å². The first-order valence-corrected chi connectivity index (χ1v) is 8.97. The maximum atomic E-state index is 12.1. The highest BCUT2D eigenvalue weighted by Gasteiger charge is 2.33. The Balaban J connectivity index is 1.68. The fraction of sp³-hybridized carbons (Fsp3) is 0.474. The molecule has 0 aliphatic carbocycles. The molecule has 4 amide bonds. The monoisotopic (exact) mass is 391 g/mol. The van der Waals surface area contributed by atoms with E-state index in [0.29, 0.717) is 6.54 Å². The lowest BCUT2D eigenvalue weighted by molar-refractivity contribution is -0.155. The minimum atomic E-state index is -0.938. The van der Waals surface area contributed by atoms with Gasteiger partial charge in [-0.05, 0) is 31.0 Å². The van der Waals surface area contributed by atoms with Gasteiger partial charge in [-0.15, -0.1) is 0 Å². The Labute approximate surface area is 163 Å². The molecule has 1 aromatic carbocycles. The second-order valence-corrected chi connectivity index (χ2v) is 6.49. The van der Waals surface area contributed by atoms with Crippen LogP contribution < -0.4 is 10.1 Å². The first-order chi connectivity index (χ1) is 13.3. The summed E-state index contributed by atoms with van der Waals surface area (Å²) >= 11 is 0. The molecule has 1 aliphatic heterocycles. The number of amides is 4. The smallest absolute Gasteiger partial charge is 0.326 e. The Kier molecular flexibility index (Phi) is 7.36. The van der Waals surface area contributed by atoms with Crippen molar-refractivity contribution in [2.75, 3.05) is 27.2 Å². The highest BCUT2D eigenvalue weighted by molar-refractivity contribution is 6.01. The number of rotatable bonds is 9. The molecule has 1 aliphatic rings. The third-order valence-electron chi connectivity index (χ3n) is 4.30. The number of nitrogens with zero attached hydrogens (tertiary/aromatic N) is 2. The van der Waals surface area contributed by atoms with Crippen LogP contribution >= 0.6 is 0 Å². The third-order valence-corrected chi connectivity index (χ3v) is 4.30. The molecule has 9 heteroatoms. The Morgan fingerprint density at radius 3 is 2.46 bits per heavy atom. The summed E-state index contributed by atoms with van der Waals surface area (Å²) in [5, 5.41) is 2.70. The van der Waals surface area contributed by atoms with Crippen LogP contribution in [0.3, 0.4) is 0 Å². The predicted octanol–water partition coefficient (Wildman–Crippen LogP) is 0.917. The molecule has 2 rings (SSSR count). The van der Waals surface area contributed by atoms with Gasteiger partial charge in [0, 0.05) is 26.6 Å². The second kappa shape index (κ2) is 9.72. The van der Waals surface area contributed by atoms with Crippen LogP contribution in [0.25, 0.3) is 0 Å². The van der Waals surface area contributed by atoms with Crippen molar-refractivity contribution in [2.24, 2.45) is 0 Å². The highest BCUT2D eigenvalue weighted by atomic mass is 16.5. The van der Waals surface area contributed by atoms with Crippen LogP contribution in [-0.4, -0.2) is 67.0 Å². The summed E-state index contributed by atoms with van der Waals surface area (Å²) in [6, 6.07) is 6.86. The Morgan fingerprint density at radius 2 is 1.89 bits per heavy atom. The standard InChI is InChI=1S/C19H25N3O6/c1-13(18(25)20-11-14-6-8-15(27-3)9-7-14)28-17(24)5-4-10-22-16(23)12-21(2)19(22)26/h6-9,13H,4-5,10-12H2,1-3H3,(H,20,25)/t13-/m0/s1. The zero-order valence-electron chi connectivity index (χ0n) is 16.3. The fourth-order valence-corrected chi connectivity index (χ4v) is 2.66. The number of benzene rings is 1. The number of carbonyl (C=O) groups is 4. The van der Waals surface area contributed by atoms with E-state index in [1.807, 2.05) is 12.1 Å². The van der Waals surface area contributed by atoms with Crippen molar-refractivity contribution in [1.29, 1.82) is 0 Å². The van der Waals surface area contributed by atoms with E-state index < -0.39 is 18.0 Å². The largest absolute Gasteiger partial charge is 0.497 e. The molecule has 0 radical (unpaired) electrons. The van der Waals surface area contributed by atoms with Gasteiger partial charge in [0.05, 0.1) is 7.11 Å². The molecule has 0 spiro atoms. The maximum absolute atomic E-state index is 12.1. The number of methoxy groups -OCH3 is 1. The molecule has 0 aromatic heterocycles. The average molecular weight is 391 g/mol. The average Bonchev–Trinajstić information content (AvgIpc) is 2.92. The molecule has 152 valence electrons. The van der Waals surface area contributed by atoms with Gasteiger partial charge in [0.2, 0.25) is 5.91 Å². The van der Waals surface area contributed by atoms with Crippen molar-refractivity contribution in [3.05, 3.63) is 29.8 Å². The van der Waals surface area contributed by atoms with Crippen molar-refractivity contribution in [3.8, 4) is 5.75 Å². The van der Waals surface area contributed by atoms with Crippen LogP contribution in [0.1, 0.15) is 25.3 Å². The first kappa shape index (κ1) is 21.2. The lowest BCUT2D eigenvalue weighted by atomic mass is 10.2. The van der Waals surface area contributed by atoms with Gasteiger partial charge < -0.3 is 19.7 Å². The van der Waals surface area contributed by atoms with Crippen LogP contribution in [-0.2, 0) is 25.7 Å². The maximum Gasteiger partial charge on any atom is 0.326 e. The van der Waals surface area contributed by atoms with E-state index in [1.165, 1.54) is 11.8 Å².